The molecule has 0 spiro atoms. The lowest BCUT2D eigenvalue weighted by atomic mass is 10.0. The van der Waals surface area contributed by atoms with Gasteiger partial charge in [0.05, 0.1) is 17.7 Å². The SMILES string of the molecule is CCOC(=O)c1cc(CC)c(Br)cc1C#N. The zero-order valence-electron chi connectivity index (χ0n) is 9.21. The summed E-state index contributed by atoms with van der Waals surface area (Å²) >= 11 is 3.37. The van der Waals surface area contributed by atoms with Gasteiger partial charge in [0.15, 0.2) is 0 Å². The van der Waals surface area contributed by atoms with Crippen LogP contribution in [-0.4, -0.2) is 12.6 Å². The number of halogens is 1. The van der Waals surface area contributed by atoms with Crippen LogP contribution in [0.4, 0.5) is 0 Å². The number of nitriles is 1. The van der Waals surface area contributed by atoms with Crippen LogP contribution in [-0.2, 0) is 11.2 Å². The third kappa shape index (κ3) is 2.61. The summed E-state index contributed by atoms with van der Waals surface area (Å²) < 4.78 is 5.75. The molecule has 0 atom stereocenters. The van der Waals surface area contributed by atoms with E-state index in [0.717, 1.165) is 16.5 Å². The lowest BCUT2D eigenvalue weighted by Gasteiger charge is -2.07. The van der Waals surface area contributed by atoms with Crippen LogP contribution < -0.4 is 0 Å². The molecule has 1 rings (SSSR count). The first-order chi connectivity index (χ1) is 7.63. The average molecular weight is 282 g/mol. The fourth-order valence-electron chi connectivity index (χ4n) is 1.36. The molecule has 1 aromatic carbocycles. The normalized spacial score (nSPS) is 9.62. The third-order valence-corrected chi connectivity index (χ3v) is 2.92. The quantitative estimate of drug-likeness (QED) is 0.800. The van der Waals surface area contributed by atoms with Gasteiger partial charge in [-0.1, -0.05) is 22.9 Å². The minimum Gasteiger partial charge on any atom is -0.462 e. The molecule has 4 heteroatoms. The number of carbonyl (C=O) groups excluding carboxylic acids is 1. The summed E-state index contributed by atoms with van der Waals surface area (Å²) in [7, 11) is 0. The van der Waals surface area contributed by atoms with Gasteiger partial charge in [-0.3, -0.25) is 0 Å². The Bertz CT molecular complexity index is 449. The second kappa shape index (κ2) is 5.66. The second-order valence-corrected chi connectivity index (χ2v) is 4.03. The Kier molecular flexibility index (Phi) is 4.51. The van der Waals surface area contributed by atoms with E-state index < -0.39 is 5.97 Å². The standard InChI is InChI=1S/C12H12BrNO2/c1-3-8-5-10(12(15)16-4-2)9(7-14)6-11(8)13/h5-6H,3-4H2,1-2H3. The molecule has 1 aromatic rings. The van der Waals surface area contributed by atoms with Crippen LogP contribution in [0.25, 0.3) is 0 Å². The van der Waals surface area contributed by atoms with Crippen molar-refractivity contribution in [1.29, 1.82) is 5.26 Å². The summed E-state index contributed by atoms with van der Waals surface area (Å²) in [5.74, 6) is -0.443. The zero-order chi connectivity index (χ0) is 12.1. The minimum atomic E-state index is -0.443. The zero-order valence-corrected chi connectivity index (χ0v) is 10.8. The lowest BCUT2D eigenvalue weighted by molar-refractivity contribution is 0.0526. The van der Waals surface area contributed by atoms with E-state index in [2.05, 4.69) is 15.9 Å². The highest BCUT2D eigenvalue weighted by atomic mass is 79.9. The molecule has 0 bridgehead atoms. The number of nitrogens with zero attached hydrogens (tertiary/aromatic N) is 1. The summed E-state index contributed by atoms with van der Waals surface area (Å²) in [5, 5.41) is 8.94. The van der Waals surface area contributed by atoms with Crippen molar-refractivity contribution < 1.29 is 9.53 Å². The fraction of sp³-hybridized carbons (Fsp3) is 0.333. The molecule has 0 N–H and O–H groups in total. The van der Waals surface area contributed by atoms with Gasteiger partial charge in [0.1, 0.15) is 6.07 Å². The molecule has 0 aliphatic heterocycles. The smallest absolute Gasteiger partial charge is 0.339 e. The molecule has 0 amide bonds. The fourth-order valence-corrected chi connectivity index (χ4v) is 1.98. The highest BCUT2D eigenvalue weighted by molar-refractivity contribution is 9.10. The van der Waals surface area contributed by atoms with Gasteiger partial charge in [-0.15, -0.1) is 0 Å². The van der Waals surface area contributed by atoms with Gasteiger partial charge in [-0.2, -0.15) is 5.26 Å². The number of hydrogen-bond acceptors (Lipinski definition) is 3. The Morgan fingerprint density at radius 1 is 1.50 bits per heavy atom. The van der Waals surface area contributed by atoms with Crippen molar-refractivity contribution in [2.24, 2.45) is 0 Å². The third-order valence-electron chi connectivity index (χ3n) is 2.18. The summed E-state index contributed by atoms with van der Waals surface area (Å²) in [5.41, 5.74) is 1.66. The van der Waals surface area contributed by atoms with Crippen molar-refractivity contribution >= 4 is 21.9 Å². The Labute approximate surface area is 103 Å². The maximum Gasteiger partial charge on any atom is 0.339 e. The van der Waals surface area contributed by atoms with Gasteiger partial charge in [0.2, 0.25) is 0 Å². The van der Waals surface area contributed by atoms with Crippen LogP contribution in [0.15, 0.2) is 16.6 Å². The number of aryl methyl sites for hydroxylation is 1. The molecule has 0 heterocycles. The van der Waals surface area contributed by atoms with E-state index in [1.54, 1.807) is 19.1 Å². The molecular weight excluding hydrogens is 270 g/mol. The van der Waals surface area contributed by atoms with Crippen molar-refractivity contribution in [1.82, 2.24) is 0 Å². The van der Waals surface area contributed by atoms with Gasteiger partial charge in [-0.25, -0.2) is 4.79 Å². The van der Waals surface area contributed by atoms with Gasteiger partial charge in [0.25, 0.3) is 0 Å². The van der Waals surface area contributed by atoms with E-state index in [1.165, 1.54) is 0 Å². The Morgan fingerprint density at radius 2 is 2.19 bits per heavy atom. The molecule has 3 nitrogen and oxygen atoms in total. The topological polar surface area (TPSA) is 50.1 Å². The van der Waals surface area contributed by atoms with Crippen LogP contribution >= 0.6 is 15.9 Å². The van der Waals surface area contributed by atoms with Crippen molar-refractivity contribution in [2.75, 3.05) is 6.61 Å². The van der Waals surface area contributed by atoms with E-state index in [9.17, 15) is 4.79 Å². The van der Waals surface area contributed by atoms with Gasteiger partial charge in [0, 0.05) is 4.47 Å². The molecule has 0 saturated heterocycles. The van der Waals surface area contributed by atoms with E-state index in [4.69, 9.17) is 10.00 Å². The predicted octanol–water partition coefficient (Wildman–Crippen LogP) is 3.06. The average Bonchev–Trinajstić information content (AvgIpc) is 2.28. The number of ether oxygens (including phenoxy) is 1. The number of carbonyl (C=O) groups is 1. The van der Waals surface area contributed by atoms with Crippen LogP contribution in [0.5, 0.6) is 0 Å². The highest BCUT2D eigenvalue weighted by Crippen LogP contribution is 2.23. The number of benzene rings is 1. The monoisotopic (exact) mass is 281 g/mol. The van der Waals surface area contributed by atoms with Crippen molar-refractivity contribution in [3.05, 3.63) is 33.3 Å². The summed E-state index contributed by atoms with van der Waals surface area (Å²) in [4.78, 5) is 11.6. The lowest BCUT2D eigenvalue weighted by Crippen LogP contribution is -2.08. The number of hydrogen-bond donors (Lipinski definition) is 0. The number of rotatable bonds is 3. The van der Waals surface area contributed by atoms with Crippen molar-refractivity contribution in [3.63, 3.8) is 0 Å². The Hall–Kier alpha value is -1.34. The van der Waals surface area contributed by atoms with Gasteiger partial charge >= 0.3 is 5.97 Å². The highest BCUT2D eigenvalue weighted by Gasteiger charge is 2.15. The first-order valence-electron chi connectivity index (χ1n) is 5.03. The van der Waals surface area contributed by atoms with Gasteiger partial charge < -0.3 is 4.74 Å². The van der Waals surface area contributed by atoms with E-state index in [0.29, 0.717) is 17.7 Å². The molecule has 0 aromatic heterocycles. The Balaban J connectivity index is 3.26. The second-order valence-electron chi connectivity index (χ2n) is 3.18. The molecule has 84 valence electrons. The van der Waals surface area contributed by atoms with Crippen LogP contribution in [0, 0.1) is 11.3 Å². The van der Waals surface area contributed by atoms with E-state index in [1.807, 2.05) is 13.0 Å². The van der Waals surface area contributed by atoms with E-state index in [-0.39, 0.29) is 0 Å². The molecular formula is C12H12BrNO2. The molecule has 0 aliphatic carbocycles. The van der Waals surface area contributed by atoms with Crippen molar-refractivity contribution in [2.45, 2.75) is 20.3 Å². The van der Waals surface area contributed by atoms with Crippen LogP contribution in [0.1, 0.15) is 35.3 Å². The molecule has 0 saturated carbocycles. The molecule has 0 fully saturated rings. The molecule has 0 unspecified atom stereocenters. The summed E-state index contributed by atoms with van der Waals surface area (Å²) in [6, 6.07) is 5.36. The first-order valence-corrected chi connectivity index (χ1v) is 5.82. The maximum absolute atomic E-state index is 11.6. The minimum absolute atomic E-state index is 0.307. The Morgan fingerprint density at radius 3 is 2.69 bits per heavy atom. The maximum atomic E-state index is 11.6. The number of esters is 1. The summed E-state index contributed by atoms with van der Waals surface area (Å²) in [6.07, 6.45) is 0.790. The molecule has 0 aliphatic rings. The van der Waals surface area contributed by atoms with Crippen LogP contribution in [0.2, 0.25) is 0 Å². The summed E-state index contributed by atoms with van der Waals surface area (Å²) in [6.45, 7) is 4.03. The molecule has 0 radical (unpaired) electrons. The largest absolute Gasteiger partial charge is 0.462 e. The molecule has 16 heavy (non-hydrogen) atoms. The van der Waals surface area contributed by atoms with E-state index >= 15 is 0 Å². The predicted molar refractivity (Wildman–Crippen MR) is 64.2 cm³/mol. The van der Waals surface area contributed by atoms with Crippen molar-refractivity contribution in [3.8, 4) is 6.07 Å². The van der Waals surface area contributed by atoms with Gasteiger partial charge in [-0.05, 0) is 31.0 Å². The first kappa shape index (κ1) is 12.7. The van der Waals surface area contributed by atoms with Crippen LogP contribution in [0.3, 0.4) is 0 Å².